The van der Waals surface area contributed by atoms with Gasteiger partial charge in [-0.25, -0.2) is 17.5 Å². The van der Waals surface area contributed by atoms with Crippen molar-refractivity contribution < 1.29 is 17.9 Å². The summed E-state index contributed by atoms with van der Waals surface area (Å²) in [5.41, 5.74) is -0.405. The molecule has 20 heavy (non-hydrogen) atoms. The van der Waals surface area contributed by atoms with Crippen molar-refractivity contribution in [1.29, 1.82) is 0 Å². The normalized spacial score (nSPS) is 23.5. The van der Waals surface area contributed by atoms with E-state index < -0.39 is 15.6 Å². The maximum absolute atomic E-state index is 12.0. The van der Waals surface area contributed by atoms with Gasteiger partial charge in [0.2, 0.25) is 10.0 Å². The molecule has 6 nitrogen and oxygen atoms in total. The summed E-state index contributed by atoms with van der Waals surface area (Å²) >= 11 is 0. The molecule has 0 radical (unpaired) electrons. The Bertz CT molecular complexity index is 479. The van der Waals surface area contributed by atoms with Gasteiger partial charge in [-0.15, -0.1) is 0 Å². The highest BCUT2D eigenvalue weighted by Crippen LogP contribution is 2.41. The van der Waals surface area contributed by atoms with E-state index in [1.165, 1.54) is 10.6 Å². The molecule has 1 spiro atoms. The third-order valence-electron chi connectivity index (χ3n) is 3.97. The van der Waals surface area contributed by atoms with Crippen LogP contribution in [0.25, 0.3) is 0 Å². The maximum atomic E-state index is 12.0. The second-order valence-corrected chi connectivity index (χ2v) is 8.98. The zero-order valence-electron chi connectivity index (χ0n) is 12.7. The van der Waals surface area contributed by atoms with Gasteiger partial charge >= 0.3 is 6.09 Å². The second kappa shape index (κ2) is 4.87. The van der Waals surface area contributed by atoms with E-state index in [1.54, 1.807) is 4.90 Å². The zero-order chi connectivity index (χ0) is 15.2. The first-order chi connectivity index (χ1) is 9.01. The van der Waals surface area contributed by atoms with Gasteiger partial charge in [-0.1, -0.05) is 0 Å². The molecule has 2 aliphatic rings. The first-order valence-electron chi connectivity index (χ1n) is 6.94. The summed E-state index contributed by atoms with van der Waals surface area (Å²) in [7, 11) is -3.07. The molecule has 2 rings (SSSR count). The maximum Gasteiger partial charge on any atom is 0.410 e. The van der Waals surface area contributed by atoms with Crippen LogP contribution in [-0.2, 0) is 14.8 Å². The first kappa shape index (κ1) is 15.6. The lowest BCUT2D eigenvalue weighted by Crippen LogP contribution is -2.62. The van der Waals surface area contributed by atoms with Gasteiger partial charge in [-0.3, -0.25) is 0 Å². The van der Waals surface area contributed by atoms with Crippen molar-refractivity contribution >= 4 is 16.1 Å². The number of ether oxygens (including phenoxy) is 1. The van der Waals surface area contributed by atoms with E-state index in [2.05, 4.69) is 0 Å². The largest absolute Gasteiger partial charge is 0.444 e. The molecule has 2 fully saturated rings. The lowest BCUT2D eigenvalue weighted by atomic mass is 9.73. The Morgan fingerprint density at radius 1 is 1.15 bits per heavy atom. The van der Waals surface area contributed by atoms with Gasteiger partial charge in [0.1, 0.15) is 5.60 Å². The van der Waals surface area contributed by atoms with Gasteiger partial charge in [0.15, 0.2) is 0 Å². The third-order valence-corrected chi connectivity index (χ3v) is 5.16. The molecule has 0 aromatic heterocycles. The average molecular weight is 304 g/mol. The number of hydrogen-bond acceptors (Lipinski definition) is 4. The smallest absolute Gasteiger partial charge is 0.410 e. The summed E-state index contributed by atoms with van der Waals surface area (Å²) in [6.07, 6.45) is 2.67. The van der Waals surface area contributed by atoms with Crippen LogP contribution in [0.15, 0.2) is 0 Å². The fraction of sp³-hybridized carbons (Fsp3) is 0.923. The molecular weight excluding hydrogens is 280 g/mol. The standard InChI is InChI=1S/C13H24N2O4S/c1-12(2,3)19-11(16)14-7-5-13(6-8-14)9-15(10-13)20(4,17)18/h5-10H2,1-4H3. The van der Waals surface area contributed by atoms with Crippen LogP contribution >= 0.6 is 0 Å². The molecule has 2 saturated heterocycles. The van der Waals surface area contributed by atoms with Gasteiger partial charge in [0, 0.05) is 31.6 Å². The Morgan fingerprint density at radius 2 is 1.65 bits per heavy atom. The number of carbonyl (C=O) groups is 1. The minimum absolute atomic E-state index is 0.0710. The Morgan fingerprint density at radius 3 is 2.05 bits per heavy atom. The summed E-state index contributed by atoms with van der Waals surface area (Å²) < 4.78 is 29.7. The SMILES string of the molecule is CC(C)(C)OC(=O)N1CCC2(CC1)CN(S(C)(=O)=O)C2. The van der Waals surface area contributed by atoms with Gasteiger partial charge in [0.25, 0.3) is 0 Å². The number of hydrogen-bond donors (Lipinski definition) is 0. The minimum atomic E-state index is -3.07. The van der Waals surface area contributed by atoms with Crippen LogP contribution < -0.4 is 0 Å². The molecule has 1 amide bonds. The van der Waals surface area contributed by atoms with Crippen LogP contribution in [-0.4, -0.2) is 61.8 Å². The number of likely N-dealkylation sites (tertiary alicyclic amines) is 1. The fourth-order valence-corrected chi connectivity index (χ4v) is 3.76. The Labute approximate surface area is 121 Å². The van der Waals surface area contributed by atoms with Gasteiger partial charge in [-0.2, -0.15) is 0 Å². The van der Waals surface area contributed by atoms with E-state index in [-0.39, 0.29) is 11.5 Å². The van der Waals surface area contributed by atoms with Crippen molar-refractivity contribution in [3.63, 3.8) is 0 Å². The summed E-state index contributed by atoms with van der Waals surface area (Å²) in [6, 6.07) is 0. The average Bonchev–Trinajstić information content (AvgIpc) is 2.22. The quantitative estimate of drug-likeness (QED) is 0.732. The molecule has 0 saturated carbocycles. The molecule has 0 bridgehead atoms. The predicted molar refractivity (Wildman–Crippen MR) is 75.9 cm³/mol. The molecule has 0 aromatic carbocycles. The van der Waals surface area contributed by atoms with E-state index in [0.717, 1.165) is 12.8 Å². The third kappa shape index (κ3) is 3.44. The van der Waals surface area contributed by atoms with Gasteiger partial charge in [-0.05, 0) is 33.6 Å². The highest BCUT2D eigenvalue weighted by molar-refractivity contribution is 7.88. The molecule has 2 heterocycles. The van der Waals surface area contributed by atoms with Crippen molar-refractivity contribution in [3.05, 3.63) is 0 Å². The van der Waals surface area contributed by atoms with Crippen LogP contribution in [0.1, 0.15) is 33.6 Å². The molecule has 7 heteroatoms. The summed E-state index contributed by atoms with van der Waals surface area (Å²) in [4.78, 5) is 13.7. The molecule has 0 unspecified atom stereocenters. The molecular formula is C13H24N2O4S. The highest BCUT2D eigenvalue weighted by atomic mass is 32.2. The van der Waals surface area contributed by atoms with Crippen molar-refractivity contribution in [1.82, 2.24) is 9.21 Å². The molecule has 0 aromatic rings. The Balaban J connectivity index is 1.84. The van der Waals surface area contributed by atoms with E-state index in [9.17, 15) is 13.2 Å². The van der Waals surface area contributed by atoms with Gasteiger partial charge < -0.3 is 9.64 Å². The Hall–Kier alpha value is -0.820. The molecule has 0 atom stereocenters. The lowest BCUT2D eigenvalue weighted by molar-refractivity contribution is -0.0187. The van der Waals surface area contributed by atoms with E-state index in [0.29, 0.717) is 26.2 Å². The second-order valence-electron chi connectivity index (χ2n) is 7.00. The minimum Gasteiger partial charge on any atom is -0.444 e. The molecule has 0 aliphatic carbocycles. The van der Waals surface area contributed by atoms with Crippen molar-refractivity contribution in [3.8, 4) is 0 Å². The van der Waals surface area contributed by atoms with Crippen molar-refractivity contribution in [2.45, 2.75) is 39.2 Å². The predicted octanol–water partition coefficient (Wildman–Crippen LogP) is 1.28. The lowest BCUT2D eigenvalue weighted by Gasteiger charge is -2.52. The van der Waals surface area contributed by atoms with Crippen LogP contribution in [0, 0.1) is 5.41 Å². The number of piperidine rings is 1. The van der Waals surface area contributed by atoms with Crippen LogP contribution in [0.3, 0.4) is 0 Å². The first-order valence-corrected chi connectivity index (χ1v) is 8.79. The van der Waals surface area contributed by atoms with Crippen LogP contribution in [0.2, 0.25) is 0 Å². The van der Waals surface area contributed by atoms with E-state index in [1.807, 2.05) is 20.8 Å². The van der Waals surface area contributed by atoms with Crippen molar-refractivity contribution in [2.24, 2.45) is 5.41 Å². The number of amides is 1. The van der Waals surface area contributed by atoms with Crippen LogP contribution in [0.5, 0.6) is 0 Å². The summed E-state index contributed by atoms with van der Waals surface area (Å²) in [5.74, 6) is 0. The van der Waals surface area contributed by atoms with Gasteiger partial charge in [0.05, 0.1) is 6.26 Å². The summed E-state index contributed by atoms with van der Waals surface area (Å²) in [5, 5.41) is 0. The summed E-state index contributed by atoms with van der Waals surface area (Å²) in [6.45, 7) is 8.03. The molecule has 2 aliphatic heterocycles. The fourth-order valence-electron chi connectivity index (χ4n) is 2.74. The molecule has 116 valence electrons. The Kier molecular flexibility index (Phi) is 3.79. The number of rotatable bonds is 1. The van der Waals surface area contributed by atoms with Crippen molar-refractivity contribution in [2.75, 3.05) is 32.4 Å². The van der Waals surface area contributed by atoms with E-state index >= 15 is 0 Å². The monoisotopic (exact) mass is 304 g/mol. The number of sulfonamides is 1. The van der Waals surface area contributed by atoms with Crippen LogP contribution in [0.4, 0.5) is 4.79 Å². The number of carbonyl (C=O) groups excluding carboxylic acids is 1. The molecule has 0 N–H and O–H groups in total. The highest BCUT2D eigenvalue weighted by Gasteiger charge is 2.48. The number of nitrogens with zero attached hydrogens (tertiary/aromatic N) is 2. The zero-order valence-corrected chi connectivity index (χ0v) is 13.5. The topological polar surface area (TPSA) is 66.9 Å². The van der Waals surface area contributed by atoms with E-state index in [4.69, 9.17) is 4.74 Å².